The summed E-state index contributed by atoms with van der Waals surface area (Å²) in [6.45, 7) is -0.449. The number of halogens is 2. The highest BCUT2D eigenvalue weighted by atomic mass is 19.3. The molecule has 2 N–H and O–H groups in total. The van der Waals surface area contributed by atoms with Crippen LogP contribution in [0.2, 0.25) is 0 Å². The van der Waals surface area contributed by atoms with E-state index >= 15 is 0 Å². The largest absolute Gasteiger partial charge is 0.493 e. The van der Waals surface area contributed by atoms with Gasteiger partial charge in [0.05, 0.1) is 7.11 Å². The number of carbonyl (C=O) groups excluding carboxylic acids is 1. The minimum absolute atomic E-state index is 0.0113. The van der Waals surface area contributed by atoms with E-state index in [-0.39, 0.29) is 28.7 Å². The van der Waals surface area contributed by atoms with E-state index in [9.17, 15) is 13.6 Å². The van der Waals surface area contributed by atoms with Crippen LogP contribution >= 0.6 is 0 Å². The summed E-state index contributed by atoms with van der Waals surface area (Å²) in [7, 11) is 1.40. The maximum Gasteiger partial charge on any atom is 0.387 e. The maximum atomic E-state index is 12.5. The molecule has 0 aromatic heterocycles. The Morgan fingerprint density at radius 1 is 1.36 bits per heavy atom. The van der Waals surface area contributed by atoms with E-state index in [2.05, 4.69) is 15.4 Å². The summed E-state index contributed by atoms with van der Waals surface area (Å²) in [6, 6.07) is 4.91. The topological polar surface area (TPSA) is 59.6 Å². The Morgan fingerprint density at radius 3 is 2.80 bits per heavy atom. The number of hydrogen-bond acceptors (Lipinski definition) is 4. The lowest BCUT2D eigenvalue weighted by molar-refractivity contribution is -0.123. The second kappa shape index (κ2) is 7.56. The average Bonchev–Trinajstić information content (AvgIpc) is 3.28. The van der Waals surface area contributed by atoms with Crippen molar-refractivity contribution < 1.29 is 23.0 Å². The number of piperidine rings is 1. The van der Waals surface area contributed by atoms with E-state index in [1.54, 1.807) is 12.1 Å². The zero-order valence-electron chi connectivity index (χ0n) is 14.3. The summed E-state index contributed by atoms with van der Waals surface area (Å²) in [5.74, 6) is 0.513. The molecule has 3 rings (SSSR count). The highest BCUT2D eigenvalue weighted by Crippen LogP contribution is 2.58. The van der Waals surface area contributed by atoms with Crippen molar-refractivity contribution in [2.24, 2.45) is 11.3 Å². The highest BCUT2D eigenvalue weighted by molar-refractivity contribution is 5.82. The first-order chi connectivity index (χ1) is 12.0. The van der Waals surface area contributed by atoms with Crippen molar-refractivity contribution >= 4 is 5.91 Å². The Morgan fingerprint density at radius 2 is 2.12 bits per heavy atom. The molecule has 1 aliphatic carbocycles. The van der Waals surface area contributed by atoms with Crippen LogP contribution < -0.4 is 20.1 Å². The third-order valence-corrected chi connectivity index (χ3v) is 5.26. The van der Waals surface area contributed by atoms with Gasteiger partial charge >= 0.3 is 6.61 Å². The van der Waals surface area contributed by atoms with Gasteiger partial charge in [-0.1, -0.05) is 6.07 Å². The summed E-state index contributed by atoms with van der Waals surface area (Å²) >= 11 is 0. The molecule has 138 valence electrons. The smallest absolute Gasteiger partial charge is 0.387 e. The summed E-state index contributed by atoms with van der Waals surface area (Å²) < 4.78 is 34.4. The summed E-state index contributed by atoms with van der Waals surface area (Å²) in [5.41, 5.74) is 1.03. The van der Waals surface area contributed by atoms with Crippen LogP contribution in [-0.2, 0) is 11.2 Å². The summed E-state index contributed by atoms with van der Waals surface area (Å²) in [4.78, 5) is 12.3. The molecular weight excluding hydrogens is 330 g/mol. The van der Waals surface area contributed by atoms with E-state index in [1.165, 1.54) is 13.2 Å². The van der Waals surface area contributed by atoms with Gasteiger partial charge in [0.25, 0.3) is 0 Å². The van der Waals surface area contributed by atoms with Crippen molar-refractivity contribution in [2.45, 2.75) is 32.3 Å². The molecule has 1 atom stereocenters. The molecule has 0 bridgehead atoms. The molecule has 1 aromatic carbocycles. The predicted octanol–water partition coefficient (Wildman–Crippen LogP) is 2.35. The van der Waals surface area contributed by atoms with E-state index in [4.69, 9.17) is 4.74 Å². The Kier molecular flexibility index (Phi) is 5.42. The molecule has 25 heavy (non-hydrogen) atoms. The van der Waals surface area contributed by atoms with Gasteiger partial charge in [0.15, 0.2) is 11.5 Å². The van der Waals surface area contributed by atoms with Crippen molar-refractivity contribution in [1.82, 2.24) is 10.6 Å². The third kappa shape index (κ3) is 4.21. The fourth-order valence-electron chi connectivity index (χ4n) is 3.71. The Bertz CT molecular complexity index is 618. The van der Waals surface area contributed by atoms with Gasteiger partial charge < -0.3 is 20.1 Å². The normalized spacial score (nSPS) is 21.2. The summed E-state index contributed by atoms with van der Waals surface area (Å²) in [6.07, 6.45) is 3.67. The number of rotatable bonds is 7. The van der Waals surface area contributed by atoms with Gasteiger partial charge in [-0.3, -0.25) is 4.79 Å². The van der Waals surface area contributed by atoms with Crippen LogP contribution in [0.5, 0.6) is 11.5 Å². The number of hydrogen-bond donors (Lipinski definition) is 2. The average molecular weight is 354 g/mol. The number of ether oxygens (including phenoxy) is 2. The van der Waals surface area contributed by atoms with Gasteiger partial charge in [0.1, 0.15) is 0 Å². The van der Waals surface area contributed by atoms with E-state index in [0.717, 1.165) is 37.9 Å². The van der Waals surface area contributed by atoms with E-state index < -0.39 is 6.61 Å². The number of carbonyl (C=O) groups is 1. The minimum atomic E-state index is -2.90. The first-order valence-electron chi connectivity index (χ1n) is 8.64. The number of nitrogens with one attached hydrogen (secondary N) is 2. The van der Waals surface area contributed by atoms with Crippen molar-refractivity contribution in [3.8, 4) is 11.5 Å². The maximum absolute atomic E-state index is 12.5. The van der Waals surface area contributed by atoms with Gasteiger partial charge in [-0.25, -0.2) is 0 Å². The molecule has 1 aliphatic heterocycles. The third-order valence-electron chi connectivity index (χ3n) is 5.26. The van der Waals surface area contributed by atoms with Crippen LogP contribution in [0.1, 0.15) is 24.8 Å². The number of methoxy groups -OCH3 is 1. The SMILES string of the molecule is COc1ccc(CCNC(=O)C2CC23CCNCC3)cc1OC(F)F. The lowest BCUT2D eigenvalue weighted by Crippen LogP contribution is -2.34. The lowest BCUT2D eigenvalue weighted by atomic mass is 9.92. The molecule has 1 spiro atoms. The monoisotopic (exact) mass is 354 g/mol. The first-order valence-corrected chi connectivity index (χ1v) is 8.64. The lowest BCUT2D eigenvalue weighted by Gasteiger charge is -2.23. The molecule has 5 nitrogen and oxygen atoms in total. The highest BCUT2D eigenvalue weighted by Gasteiger charge is 2.57. The Labute approximate surface area is 146 Å². The molecule has 7 heteroatoms. The number of alkyl halides is 2. The van der Waals surface area contributed by atoms with Gasteiger partial charge in [-0.05, 0) is 61.9 Å². The zero-order valence-corrected chi connectivity index (χ0v) is 14.3. The molecule has 1 unspecified atom stereocenters. The molecule has 1 saturated heterocycles. The van der Waals surface area contributed by atoms with Gasteiger partial charge in [0, 0.05) is 12.5 Å². The van der Waals surface area contributed by atoms with Crippen molar-refractivity contribution in [1.29, 1.82) is 0 Å². The minimum Gasteiger partial charge on any atom is -0.493 e. The summed E-state index contributed by atoms with van der Waals surface area (Å²) in [5, 5.41) is 6.30. The van der Waals surface area contributed by atoms with Crippen LogP contribution in [0.15, 0.2) is 18.2 Å². The molecule has 1 saturated carbocycles. The van der Waals surface area contributed by atoms with Crippen LogP contribution in [0.25, 0.3) is 0 Å². The van der Waals surface area contributed by atoms with Crippen molar-refractivity contribution in [3.05, 3.63) is 23.8 Å². The van der Waals surface area contributed by atoms with Crippen LogP contribution in [0.4, 0.5) is 8.78 Å². The Balaban J connectivity index is 1.49. The molecule has 1 aromatic rings. The molecule has 1 amide bonds. The van der Waals surface area contributed by atoms with Crippen LogP contribution in [-0.4, -0.2) is 39.3 Å². The Hall–Kier alpha value is -1.89. The fourth-order valence-corrected chi connectivity index (χ4v) is 3.71. The van der Waals surface area contributed by atoms with Crippen LogP contribution in [0, 0.1) is 11.3 Å². The van der Waals surface area contributed by atoms with Gasteiger partial charge in [-0.15, -0.1) is 0 Å². The number of amides is 1. The van der Waals surface area contributed by atoms with E-state index in [0.29, 0.717) is 13.0 Å². The zero-order chi connectivity index (χ0) is 17.9. The van der Waals surface area contributed by atoms with Gasteiger partial charge in [0.2, 0.25) is 5.91 Å². The molecule has 0 radical (unpaired) electrons. The first kappa shape index (κ1) is 17.9. The standard InChI is InChI=1S/C18H24F2N2O3/c1-24-14-3-2-12(10-15(14)25-17(19)20)4-7-22-16(23)13-11-18(13)5-8-21-9-6-18/h2-3,10,13,17,21H,4-9,11H2,1H3,(H,22,23). The second-order valence-corrected chi connectivity index (χ2v) is 6.77. The van der Waals surface area contributed by atoms with Crippen LogP contribution in [0.3, 0.4) is 0 Å². The quantitative estimate of drug-likeness (QED) is 0.789. The van der Waals surface area contributed by atoms with E-state index in [1.807, 2.05) is 0 Å². The molecular formula is C18H24F2N2O3. The number of benzene rings is 1. The molecule has 2 aliphatic rings. The molecule has 1 heterocycles. The fraction of sp³-hybridized carbons (Fsp3) is 0.611. The van der Waals surface area contributed by atoms with Crippen molar-refractivity contribution in [3.63, 3.8) is 0 Å². The van der Waals surface area contributed by atoms with Gasteiger partial charge in [-0.2, -0.15) is 8.78 Å². The predicted molar refractivity (Wildman–Crippen MR) is 89.0 cm³/mol. The second-order valence-electron chi connectivity index (χ2n) is 6.77. The molecule has 2 fully saturated rings. The van der Waals surface area contributed by atoms with Crippen molar-refractivity contribution in [2.75, 3.05) is 26.7 Å².